The predicted molar refractivity (Wildman–Crippen MR) is 86.0 cm³/mol. The first-order valence-corrected chi connectivity index (χ1v) is 7.44. The molecule has 0 bridgehead atoms. The molecule has 4 nitrogen and oxygen atoms in total. The van der Waals surface area contributed by atoms with Gasteiger partial charge in [0.15, 0.2) is 11.5 Å². The van der Waals surface area contributed by atoms with E-state index in [1.54, 1.807) is 6.07 Å². The van der Waals surface area contributed by atoms with Crippen LogP contribution in [0.2, 0.25) is 5.02 Å². The second-order valence-corrected chi connectivity index (χ2v) is 5.59. The molecule has 0 aliphatic carbocycles. The van der Waals surface area contributed by atoms with Crippen LogP contribution in [0.25, 0.3) is 0 Å². The molecule has 0 atom stereocenters. The summed E-state index contributed by atoms with van der Waals surface area (Å²) in [4.78, 5) is 12.1. The standard InChI is InChI=1S/C17H16ClNO3/c1-11-2-4-14(13(18)8-11)19-17(20)10-12-3-5-15-16(9-12)22-7-6-21-15/h2-5,8-9H,6-7,10H2,1H3,(H,19,20). The monoisotopic (exact) mass is 317 g/mol. The maximum atomic E-state index is 12.1. The van der Waals surface area contributed by atoms with Crippen molar-refractivity contribution >= 4 is 23.2 Å². The highest BCUT2D eigenvalue weighted by molar-refractivity contribution is 6.33. The summed E-state index contributed by atoms with van der Waals surface area (Å²) in [6.07, 6.45) is 0.251. The van der Waals surface area contributed by atoms with E-state index in [0.717, 1.165) is 16.9 Å². The number of carbonyl (C=O) groups excluding carboxylic acids is 1. The fourth-order valence-corrected chi connectivity index (χ4v) is 2.58. The second-order valence-electron chi connectivity index (χ2n) is 5.19. The van der Waals surface area contributed by atoms with Gasteiger partial charge in [-0.1, -0.05) is 23.7 Å². The van der Waals surface area contributed by atoms with Gasteiger partial charge in [-0.25, -0.2) is 0 Å². The summed E-state index contributed by atoms with van der Waals surface area (Å²) in [5.41, 5.74) is 2.54. The first-order chi connectivity index (χ1) is 10.6. The number of ether oxygens (including phenoxy) is 2. The maximum absolute atomic E-state index is 12.1. The number of amides is 1. The van der Waals surface area contributed by atoms with Crippen molar-refractivity contribution < 1.29 is 14.3 Å². The van der Waals surface area contributed by atoms with Gasteiger partial charge >= 0.3 is 0 Å². The highest BCUT2D eigenvalue weighted by Crippen LogP contribution is 2.31. The number of nitrogens with one attached hydrogen (secondary N) is 1. The number of benzene rings is 2. The zero-order valence-corrected chi connectivity index (χ0v) is 12.9. The van der Waals surface area contributed by atoms with Crippen LogP contribution in [0.1, 0.15) is 11.1 Å². The van der Waals surface area contributed by atoms with E-state index in [0.29, 0.717) is 29.7 Å². The lowest BCUT2D eigenvalue weighted by Crippen LogP contribution is -2.17. The third-order valence-corrected chi connectivity index (χ3v) is 3.68. The zero-order valence-electron chi connectivity index (χ0n) is 12.2. The smallest absolute Gasteiger partial charge is 0.228 e. The first-order valence-electron chi connectivity index (χ1n) is 7.06. The van der Waals surface area contributed by atoms with Crippen molar-refractivity contribution in [1.82, 2.24) is 0 Å². The molecule has 0 spiro atoms. The number of aryl methyl sites for hydroxylation is 1. The Kier molecular flexibility index (Phi) is 4.20. The highest BCUT2D eigenvalue weighted by atomic mass is 35.5. The van der Waals surface area contributed by atoms with Gasteiger partial charge in [-0.2, -0.15) is 0 Å². The minimum atomic E-state index is -0.123. The Hall–Kier alpha value is -2.20. The number of carbonyl (C=O) groups is 1. The molecule has 0 aromatic heterocycles. The molecule has 2 aromatic rings. The second kappa shape index (κ2) is 6.28. The molecule has 2 aromatic carbocycles. The lowest BCUT2D eigenvalue weighted by molar-refractivity contribution is -0.115. The van der Waals surface area contributed by atoms with E-state index in [-0.39, 0.29) is 12.3 Å². The number of anilines is 1. The molecule has 1 amide bonds. The highest BCUT2D eigenvalue weighted by Gasteiger charge is 2.13. The summed E-state index contributed by atoms with van der Waals surface area (Å²) in [5, 5.41) is 3.36. The molecule has 22 heavy (non-hydrogen) atoms. The van der Waals surface area contributed by atoms with Crippen molar-refractivity contribution in [2.45, 2.75) is 13.3 Å². The summed E-state index contributed by atoms with van der Waals surface area (Å²) in [6, 6.07) is 11.1. The molecule has 5 heteroatoms. The zero-order chi connectivity index (χ0) is 15.5. The van der Waals surface area contributed by atoms with Gasteiger partial charge < -0.3 is 14.8 Å². The third-order valence-electron chi connectivity index (χ3n) is 3.37. The SMILES string of the molecule is Cc1ccc(NC(=O)Cc2ccc3c(c2)OCCO3)c(Cl)c1. The molecular weight excluding hydrogens is 302 g/mol. The lowest BCUT2D eigenvalue weighted by atomic mass is 10.1. The molecule has 1 heterocycles. The van der Waals surface area contributed by atoms with Crippen molar-refractivity contribution in [3.8, 4) is 11.5 Å². The Bertz CT molecular complexity index is 715. The van der Waals surface area contributed by atoms with Crippen LogP contribution in [0.3, 0.4) is 0 Å². The number of rotatable bonds is 3. The van der Waals surface area contributed by atoms with Crippen LogP contribution in [0.15, 0.2) is 36.4 Å². The molecule has 1 aliphatic heterocycles. The van der Waals surface area contributed by atoms with Crippen molar-refractivity contribution in [3.63, 3.8) is 0 Å². The predicted octanol–water partition coefficient (Wildman–Crippen LogP) is 3.60. The van der Waals surface area contributed by atoms with E-state index >= 15 is 0 Å². The Balaban J connectivity index is 1.69. The molecule has 3 rings (SSSR count). The number of halogens is 1. The summed E-state index contributed by atoms with van der Waals surface area (Å²) >= 11 is 6.12. The molecule has 1 aliphatic rings. The number of fused-ring (bicyclic) bond motifs is 1. The Morgan fingerprint density at radius 1 is 1.14 bits per heavy atom. The third kappa shape index (κ3) is 3.34. The van der Waals surface area contributed by atoms with Crippen LogP contribution in [-0.4, -0.2) is 19.1 Å². The number of hydrogen-bond acceptors (Lipinski definition) is 3. The Labute approximate surface area is 134 Å². The molecule has 1 N–H and O–H groups in total. The molecule has 0 radical (unpaired) electrons. The molecular formula is C17H16ClNO3. The maximum Gasteiger partial charge on any atom is 0.228 e. The molecule has 0 unspecified atom stereocenters. The van der Waals surface area contributed by atoms with Crippen LogP contribution in [0, 0.1) is 6.92 Å². The average Bonchev–Trinajstić information content (AvgIpc) is 2.50. The first kappa shape index (κ1) is 14.7. The molecule has 0 saturated heterocycles. The van der Waals surface area contributed by atoms with Crippen molar-refractivity contribution in [2.24, 2.45) is 0 Å². The van der Waals surface area contributed by atoms with Crippen LogP contribution in [-0.2, 0) is 11.2 Å². The van der Waals surface area contributed by atoms with Gasteiger partial charge in [0.2, 0.25) is 5.91 Å². The van der Waals surface area contributed by atoms with Crippen LogP contribution in [0.5, 0.6) is 11.5 Å². The van der Waals surface area contributed by atoms with Crippen LogP contribution in [0.4, 0.5) is 5.69 Å². The van der Waals surface area contributed by atoms with Gasteiger partial charge in [0.05, 0.1) is 17.1 Å². The molecule has 0 saturated carbocycles. The van der Waals surface area contributed by atoms with E-state index in [9.17, 15) is 4.79 Å². The van der Waals surface area contributed by atoms with E-state index in [4.69, 9.17) is 21.1 Å². The fourth-order valence-electron chi connectivity index (χ4n) is 2.30. The summed E-state index contributed by atoms with van der Waals surface area (Å²) in [7, 11) is 0. The van der Waals surface area contributed by atoms with Gasteiger partial charge in [-0.3, -0.25) is 4.79 Å². The van der Waals surface area contributed by atoms with Crippen LogP contribution < -0.4 is 14.8 Å². The van der Waals surface area contributed by atoms with Crippen molar-refractivity contribution in [2.75, 3.05) is 18.5 Å². The number of hydrogen-bond donors (Lipinski definition) is 1. The van der Waals surface area contributed by atoms with E-state index in [1.165, 1.54) is 0 Å². The normalized spacial score (nSPS) is 12.8. The Morgan fingerprint density at radius 3 is 2.68 bits per heavy atom. The lowest BCUT2D eigenvalue weighted by Gasteiger charge is -2.18. The van der Waals surface area contributed by atoms with E-state index < -0.39 is 0 Å². The van der Waals surface area contributed by atoms with E-state index in [2.05, 4.69) is 5.32 Å². The Morgan fingerprint density at radius 2 is 1.91 bits per heavy atom. The summed E-state index contributed by atoms with van der Waals surface area (Å²) in [5.74, 6) is 1.28. The van der Waals surface area contributed by atoms with E-state index in [1.807, 2.05) is 37.3 Å². The minimum Gasteiger partial charge on any atom is -0.486 e. The molecule has 114 valence electrons. The average molecular weight is 318 g/mol. The van der Waals surface area contributed by atoms with Crippen LogP contribution >= 0.6 is 11.6 Å². The van der Waals surface area contributed by atoms with Crippen molar-refractivity contribution in [1.29, 1.82) is 0 Å². The largest absolute Gasteiger partial charge is 0.486 e. The fraction of sp³-hybridized carbons (Fsp3) is 0.235. The van der Waals surface area contributed by atoms with Gasteiger partial charge in [0.1, 0.15) is 13.2 Å². The molecule has 0 fully saturated rings. The minimum absolute atomic E-state index is 0.123. The van der Waals surface area contributed by atoms with Gasteiger partial charge in [0.25, 0.3) is 0 Å². The quantitative estimate of drug-likeness (QED) is 0.941. The van der Waals surface area contributed by atoms with Gasteiger partial charge in [-0.05, 0) is 42.3 Å². The van der Waals surface area contributed by atoms with Gasteiger partial charge in [-0.15, -0.1) is 0 Å². The van der Waals surface area contributed by atoms with Gasteiger partial charge in [0, 0.05) is 0 Å². The van der Waals surface area contributed by atoms with Crippen molar-refractivity contribution in [3.05, 3.63) is 52.5 Å². The summed E-state index contributed by atoms with van der Waals surface area (Å²) in [6.45, 7) is 3.03. The summed E-state index contributed by atoms with van der Waals surface area (Å²) < 4.78 is 11.0. The topological polar surface area (TPSA) is 47.6 Å².